The smallest absolute Gasteiger partial charge is 0.345 e. The second-order valence-electron chi connectivity index (χ2n) is 7.27. The lowest BCUT2D eigenvalue weighted by atomic mass is 10.0. The van der Waals surface area contributed by atoms with Gasteiger partial charge in [0.2, 0.25) is 0 Å². The molecule has 0 fully saturated rings. The molecule has 0 unspecified atom stereocenters. The average Bonchev–Trinajstić information content (AvgIpc) is 2.82. The van der Waals surface area contributed by atoms with Crippen molar-refractivity contribution in [2.75, 3.05) is 0 Å². The molecule has 152 valence electrons. The van der Waals surface area contributed by atoms with E-state index in [1.807, 2.05) is 42.7 Å². The maximum atomic E-state index is 12.7. The van der Waals surface area contributed by atoms with Crippen molar-refractivity contribution >= 4 is 11.0 Å². The van der Waals surface area contributed by atoms with Gasteiger partial charge in [0.05, 0.1) is 29.4 Å². The number of benzene rings is 1. The average molecular weight is 409 g/mol. The second kappa shape index (κ2) is 7.91. The zero-order chi connectivity index (χ0) is 21.2. The number of nitrogens with zero attached hydrogens (tertiary/aromatic N) is 3. The minimum absolute atomic E-state index is 0.0483. The molecule has 6 heteroatoms. The third kappa shape index (κ3) is 3.59. The summed E-state index contributed by atoms with van der Waals surface area (Å²) in [7, 11) is 0. The Labute approximate surface area is 178 Å². The topological polar surface area (TPSA) is 79.5 Å². The van der Waals surface area contributed by atoms with Crippen LogP contribution in [0.3, 0.4) is 0 Å². The summed E-state index contributed by atoms with van der Waals surface area (Å²) in [5, 5.41) is 11.3. The summed E-state index contributed by atoms with van der Waals surface area (Å²) < 4.78 is 5.70. The van der Waals surface area contributed by atoms with E-state index in [0.717, 1.165) is 10.9 Å². The number of rotatable bonds is 4. The number of fused-ring (bicyclic) bond motifs is 1. The SMILES string of the molecule is O=c1oc2c(CN3C=CC=C[C@H]3c3cccnc3)c(O)ccc2cc1-c1ccccn1. The normalized spacial score (nSPS) is 15.5. The molecule has 31 heavy (non-hydrogen) atoms. The third-order valence-corrected chi connectivity index (χ3v) is 5.33. The van der Waals surface area contributed by atoms with Crippen LogP contribution in [0.4, 0.5) is 0 Å². The van der Waals surface area contributed by atoms with Crippen molar-refractivity contribution in [1.82, 2.24) is 14.9 Å². The Hall–Kier alpha value is -4.19. The molecule has 0 saturated heterocycles. The Kier molecular flexibility index (Phi) is 4.80. The zero-order valence-electron chi connectivity index (χ0n) is 16.6. The van der Waals surface area contributed by atoms with Gasteiger partial charge in [-0.25, -0.2) is 4.79 Å². The summed E-state index contributed by atoms with van der Waals surface area (Å²) in [5.41, 5.74) is 2.40. The zero-order valence-corrected chi connectivity index (χ0v) is 16.6. The Balaban J connectivity index is 1.57. The molecule has 0 aliphatic carbocycles. The number of aromatic hydroxyl groups is 1. The van der Waals surface area contributed by atoms with E-state index in [1.165, 1.54) is 0 Å². The minimum Gasteiger partial charge on any atom is -0.507 e. The number of allylic oxidation sites excluding steroid dienone is 2. The summed E-state index contributed by atoms with van der Waals surface area (Å²) in [5.74, 6) is 0.0779. The van der Waals surface area contributed by atoms with Gasteiger partial charge in [0.25, 0.3) is 0 Å². The highest BCUT2D eigenvalue weighted by Crippen LogP contribution is 2.33. The Morgan fingerprint density at radius 1 is 1.06 bits per heavy atom. The summed E-state index contributed by atoms with van der Waals surface area (Å²) in [6.45, 7) is 0.357. The van der Waals surface area contributed by atoms with Crippen molar-refractivity contribution in [1.29, 1.82) is 0 Å². The first-order valence-electron chi connectivity index (χ1n) is 9.91. The van der Waals surface area contributed by atoms with Crippen LogP contribution in [-0.2, 0) is 6.54 Å². The van der Waals surface area contributed by atoms with Crippen molar-refractivity contribution in [2.45, 2.75) is 12.6 Å². The van der Waals surface area contributed by atoms with E-state index in [9.17, 15) is 9.90 Å². The predicted molar refractivity (Wildman–Crippen MR) is 118 cm³/mol. The lowest BCUT2D eigenvalue weighted by Gasteiger charge is -2.31. The van der Waals surface area contributed by atoms with Gasteiger partial charge in [-0.2, -0.15) is 0 Å². The number of phenols is 1. The Bertz CT molecular complexity index is 1350. The summed E-state index contributed by atoms with van der Waals surface area (Å²) in [4.78, 5) is 23.3. The fourth-order valence-electron chi connectivity index (χ4n) is 3.81. The fraction of sp³-hybridized carbons (Fsp3) is 0.0800. The van der Waals surface area contributed by atoms with Crippen LogP contribution in [-0.4, -0.2) is 20.0 Å². The first kappa shape index (κ1) is 18.8. The lowest BCUT2D eigenvalue weighted by molar-refractivity contribution is 0.306. The maximum absolute atomic E-state index is 12.7. The van der Waals surface area contributed by atoms with Crippen LogP contribution in [0.1, 0.15) is 17.2 Å². The van der Waals surface area contributed by atoms with Gasteiger partial charge in [0.15, 0.2) is 0 Å². The van der Waals surface area contributed by atoms with Crippen LogP contribution < -0.4 is 5.63 Å². The Morgan fingerprint density at radius 2 is 2.00 bits per heavy atom. The molecule has 0 bridgehead atoms. The van der Waals surface area contributed by atoms with Crippen molar-refractivity contribution < 1.29 is 9.52 Å². The van der Waals surface area contributed by atoms with E-state index in [-0.39, 0.29) is 11.8 Å². The molecular weight excluding hydrogens is 390 g/mol. The fourth-order valence-corrected chi connectivity index (χ4v) is 3.81. The van der Waals surface area contributed by atoms with Crippen molar-refractivity contribution in [2.24, 2.45) is 0 Å². The molecule has 1 aliphatic heterocycles. The largest absolute Gasteiger partial charge is 0.507 e. The molecule has 0 amide bonds. The monoisotopic (exact) mass is 409 g/mol. The standard InChI is InChI=1S/C25H19N3O3/c29-23-10-9-17-14-19(21-7-1-3-12-27-21)25(30)31-24(17)20(23)16-28-13-4-2-8-22(28)18-6-5-11-26-15-18/h1-15,22,29H,16H2/t22-/m0/s1. The van der Waals surface area contributed by atoms with Gasteiger partial charge in [-0.15, -0.1) is 0 Å². The number of pyridine rings is 2. The summed E-state index contributed by atoms with van der Waals surface area (Å²) in [6, 6.07) is 14.4. The van der Waals surface area contributed by atoms with Gasteiger partial charge < -0.3 is 14.4 Å². The molecule has 6 nitrogen and oxygen atoms in total. The first-order chi connectivity index (χ1) is 15.2. The Morgan fingerprint density at radius 3 is 2.81 bits per heavy atom. The lowest BCUT2D eigenvalue weighted by Crippen LogP contribution is -2.23. The number of hydrogen-bond donors (Lipinski definition) is 1. The molecular formula is C25H19N3O3. The molecule has 0 spiro atoms. The molecule has 0 radical (unpaired) electrons. The molecule has 1 aliphatic rings. The number of aromatic nitrogens is 2. The molecule has 4 heterocycles. The van der Waals surface area contributed by atoms with Crippen LogP contribution in [0.25, 0.3) is 22.2 Å². The van der Waals surface area contributed by atoms with E-state index >= 15 is 0 Å². The molecule has 1 aromatic carbocycles. The molecule has 1 N–H and O–H groups in total. The third-order valence-electron chi connectivity index (χ3n) is 5.33. The van der Waals surface area contributed by atoms with Crippen LogP contribution in [0, 0.1) is 0 Å². The highest BCUT2D eigenvalue weighted by atomic mass is 16.4. The van der Waals surface area contributed by atoms with E-state index in [4.69, 9.17) is 4.42 Å². The molecule has 0 saturated carbocycles. The van der Waals surface area contributed by atoms with Crippen LogP contribution in [0.2, 0.25) is 0 Å². The highest BCUT2D eigenvalue weighted by Gasteiger charge is 2.21. The molecule has 3 aromatic heterocycles. The van der Waals surface area contributed by atoms with E-state index < -0.39 is 5.63 Å². The van der Waals surface area contributed by atoms with E-state index in [1.54, 1.807) is 42.7 Å². The van der Waals surface area contributed by atoms with Gasteiger partial charge in [0, 0.05) is 30.2 Å². The highest BCUT2D eigenvalue weighted by molar-refractivity contribution is 5.85. The van der Waals surface area contributed by atoms with Crippen LogP contribution >= 0.6 is 0 Å². The van der Waals surface area contributed by atoms with Crippen molar-refractivity contribution in [3.63, 3.8) is 0 Å². The molecule has 4 aromatic rings. The number of phenolic OH excluding ortho intramolecular Hbond substituents is 1. The van der Waals surface area contributed by atoms with Gasteiger partial charge in [-0.3, -0.25) is 9.97 Å². The van der Waals surface area contributed by atoms with Crippen LogP contribution in [0.5, 0.6) is 5.75 Å². The first-order valence-corrected chi connectivity index (χ1v) is 9.91. The van der Waals surface area contributed by atoms with E-state index in [2.05, 4.69) is 20.9 Å². The number of hydrogen-bond acceptors (Lipinski definition) is 6. The summed E-state index contributed by atoms with van der Waals surface area (Å²) >= 11 is 0. The van der Waals surface area contributed by atoms with Gasteiger partial charge >= 0.3 is 5.63 Å². The quantitative estimate of drug-likeness (QED) is 0.497. The molecule has 5 rings (SSSR count). The predicted octanol–water partition coefficient (Wildman–Crippen LogP) is 4.58. The van der Waals surface area contributed by atoms with Crippen molar-refractivity contribution in [3.05, 3.63) is 113 Å². The second-order valence-corrected chi connectivity index (χ2v) is 7.27. The van der Waals surface area contributed by atoms with Crippen molar-refractivity contribution in [3.8, 4) is 17.0 Å². The minimum atomic E-state index is -0.490. The van der Waals surface area contributed by atoms with Gasteiger partial charge in [0.1, 0.15) is 11.3 Å². The van der Waals surface area contributed by atoms with E-state index in [0.29, 0.717) is 28.9 Å². The molecule has 1 atom stereocenters. The van der Waals surface area contributed by atoms with Gasteiger partial charge in [-0.1, -0.05) is 24.3 Å². The summed E-state index contributed by atoms with van der Waals surface area (Å²) in [6.07, 6.45) is 13.1. The van der Waals surface area contributed by atoms with Gasteiger partial charge in [-0.05, 0) is 48.0 Å². The maximum Gasteiger partial charge on any atom is 0.345 e. The van der Waals surface area contributed by atoms with Crippen LogP contribution in [0.15, 0.2) is 101 Å².